The molecule has 0 bridgehead atoms. The predicted octanol–water partition coefficient (Wildman–Crippen LogP) is 1.66. The number of ether oxygens (including phenoxy) is 1. The van der Waals surface area contributed by atoms with E-state index in [9.17, 15) is 13.2 Å². The highest BCUT2D eigenvalue weighted by molar-refractivity contribution is 7.88. The standard InChI is InChI=1S/C17H28N2O4S/c1-14(2)13-18-17(20)10-12-19(24(4,21)22)11-9-15-7-5-6-8-16(15)23-3/h5-8,14H,9-13H2,1-4H3,(H,18,20). The fraction of sp³-hybridized carbons (Fsp3) is 0.588. The number of hydrogen-bond acceptors (Lipinski definition) is 4. The Labute approximate surface area is 145 Å². The van der Waals surface area contributed by atoms with E-state index in [1.165, 1.54) is 10.6 Å². The van der Waals surface area contributed by atoms with Gasteiger partial charge in [-0.1, -0.05) is 32.0 Å². The fourth-order valence-corrected chi connectivity index (χ4v) is 3.08. The van der Waals surface area contributed by atoms with E-state index in [2.05, 4.69) is 5.32 Å². The van der Waals surface area contributed by atoms with Crippen LogP contribution in [-0.2, 0) is 21.2 Å². The molecule has 1 amide bonds. The topological polar surface area (TPSA) is 75.7 Å². The van der Waals surface area contributed by atoms with E-state index in [0.717, 1.165) is 11.3 Å². The molecule has 0 saturated carbocycles. The average Bonchev–Trinajstić information content (AvgIpc) is 2.51. The molecule has 1 aromatic carbocycles. The van der Waals surface area contributed by atoms with Gasteiger partial charge >= 0.3 is 0 Å². The molecule has 0 aliphatic rings. The van der Waals surface area contributed by atoms with Crippen LogP contribution < -0.4 is 10.1 Å². The lowest BCUT2D eigenvalue weighted by atomic mass is 10.1. The number of carbonyl (C=O) groups is 1. The third-order valence-corrected chi connectivity index (χ3v) is 4.89. The van der Waals surface area contributed by atoms with Gasteiger partial charge < -0.3 is 10.1 Å². The van der Waals surface area contributed by atoms with Gasteiger partial charge in [0.2, 0.25) is 15.9 Å². The summed E-state index contributed by atoms with van der Waals surface area (Å²) in [6.45, 7) is 5.11. The molecule has 6 nitrogen and oxygen atoms in total. The van der Waals surface area contributed by atoms with Crippen molar-refractivity contribution in [1.29, 1.82) is 0 Å². The first-order chi connectivity index (χ1) is 11.2. The zero-order valence-corrected chi connectivity index (χ0v) is 15.7. The Hall–Kier alpha value is -1.60. The maximum absolute atomic E-state index is 11.9. The van der Waals surface area contributed by atoms with Gasteiger partial charge in [-0.05, 0) is 24.0 Å². The molecule has 0 fully saturated rings. The van der Waals surface area contributed by atoms with Gasteiger partial charge in [0.15, 0.2) is 0 Å². The molecule has 0 aromatic heterocycles. The third-order valence-electron chi connectivity index (χ3n) is 3.59. The molecular weight excluding hydrogens is 328 g/mol. The highest BCUT2D eigenvalue weighted by Crippen LogP contribution is 2.18. The monoisotopic (exact) mass is 356 g/mol. The molecule has 0 spiro atoms. The Morgan fingerprint density at radius 1 is 1.25 bits per heavy atom. The number of nitrogens with one attached hydrogen (secondary N) is 1. The van der Waals surface area contributed by atoms with Crippen molar-refractivity contribution in [2.24, 2.45) is 5.92 Å². The van der Waals surface area contributed by atoms with Crippen LogP contribution in [0, 0.1) is 5.92 Å². The second kappa shape index (κ2) is 9.64. The van der Waals surface area contributed by atoms with E-state index < -0.39 is 10.0 Å². The Kier molecular flexibility index (Phi) is 8.21. The van der Waals surface area contributed by atoms with Crippen LogP contribution in [0.15, 0.2) is 24.3 Å². The van der Waals surface area contributed by atoms with Crippen LogP contribution in [0.2, 0.25) is 0 Å². The molecule has 0 unspecified atom stereocenters. The second-order valence-corrected chi connectivity index (χ2v) is 8.15. The summed E-state index contributed by atoms with van der Waals surface area (Å²) in [6.07, 6.45) is 1.86. The number of rotatable bonds is 10. The first-order valence-corrected chi connectivity index (χ1v) is 9.92. The lowest BCUT2D eigenvalue weighted by Gasteiger charge is -2.20. The molecule has 1 aromatic rings. The Morgan fingerprint density at radius 2 is 1.92 bits per heavy atom. The number of amides is 1. The molecule has 0 radical (unpaired) electrons. The maximum Gasteiger partial charge on any atom is 0.221 e. The van der Waals surface area contributed by atoms with Crippen molar-refractivity contribution in [2.75, 3.05) is 33.0 Å². The van der Waals surface area contributed by atoms with Crippen LogP contribution in [0.3, 0.4) is 0 Å². The fourth-order valence-electron chi connectivity index (χ4n) is 2.23. The minimum absolute atomic E-state index is 0.130. The molecule has 136 valence electrons. The van der Waals surface area contributed by atoms with Gasteiger partial charge in [0.25, 0.3) is 0 Å². The summed E-state index contributed by atoms with van der Waals surface area (Å²) >= 11 is 0. The van der Waals surface area contributed by atoms with Crippen molar-refractivity contribution in [2.45, 2.75) is 26.7 Å². The summed E-state index contributed by atoms with van der Waals surface area (Å²) < 4.78 is 30.5. The summed E-state index contributed by atoms with van der Waals surface area (Å²) in [5.41, 5.74) is 0.943. The largest absolute Gasteiger partial charge is 0.496 e. The number of carbonyl (C=O) groups excluding carboxylic acids is 1. The van der Waals surface area contributed by atoms with Gasteiger partial charge in [0.1, 0.15) is 5.75 Å². The number of benzene rings is 1. The van der Waals surface area contributed by atoms with Crippen LogP contribution in [0.1, 0.15) is 25.8 Å². The zero-order valence-electron chi connectivity index (χ0n) is 14.9. The van der Waals surface area contributed by atoms with Crippen LogP contribution >= 0.6 is 0 Å². The van der Waals surface area contributed by atoms with E-state index in [-0.39, 0.29) is 18.9 Å². The summed E-state index contributed by atoms with van der Waals surface area (Å²) in [4.78, 5) is 11.8. The number of hydrogen-bond donors (Lipinski definition) is 1. The lowest BCUT2D eigenvalue weighted by Crippen LogP contribution is -2.36. The third kappa shape index (κ3) is 7.31. The van der Waals surface area contributed by atoms with E-state index >= 15 is 0 Å². The van der Waals surface area contributed by atoms with Crippen LogP contribution in [0.5, 0.6) is 5.75 Å². The lowest BCUT2D eigenvalue weighted by molar-refractivity contribution is -0.121. The Balaban J connectivity index is 2.62. The van der Waals surface area contributed by atoms with Gasteiger partial charge in [0, 0.05) is 26.1 Å². The van der Waals surface area contributed by atoms with Gasteiger partial charge in [-0.25, -0.2) is 12.7 Å². The van der Waals surface area contributed by atoms with Crippen LogP contribution in [0.4, 0.5) is 0 Å². The smallest absolute Gasteiger partial charge is 0.221 e. The van der Waals surface area contributed by atoms with Gasteiger partial charge in [-0.3, -0.25) is 4.79 Å². The highest BCUT2D eigenvalue weighted by Gasteiger charge is 2.18. The van der Waals surface area contributed by atoms with Crippen molar-refractivity contribution >= 4 is 15.9 Å². The molecule has 0 atom stereocenters. The van der Waals surface area contributed by atoms with E-state index in [1.54, 1.807) is 7.11 Å². The molecule has 7 heteroatoms. The van der Waals surface area contributed by atoms with Crippen molar-refractivity contribution in [3.8, 4) is 5.75 Å². The molecule has 0 aliphatic carbocycles. The van der Waals surface area contributed by atoms with Crippen molar-refractivity contribution < 1.29 is 17.9 Å². The van der Waals surface area contributed by atoms with E-state index in [1.807, 2.05) is 38.1 Å². The molecule has 1 rings (SSSR count). The number of sulfonamides is 1. The zero-order chi connectivity index (χ0) is 18.2. The van der Waals surface area contributed by atoms with Crippen LogP contribution in [-0.4, -0.2) is 51.6 Å². The first-order valence-electron chi connectivity index (χ1n) is 8.07. The minimum atomic E-state index is -3.37. The number of methoxy groups -OCH3 is 1. The maximum atomic E-state index is 11.9. The normalized spacial score (nSPS) is 11.8. The predicted molar refractivity (Wildman–Crippen MR) is 95.6 cm³/mol. The van der Waals surface area contributed by atoms with Crippen LogP contribution in [0.25, 0.3) is 0 Å². The Morgan fingerprint density at radius 3 is 2.50 bits per heavy atom. The molecule has 1 N–H and O–H groups in total. The number of para-hydroxylation sites is 1. The second-order valence-electron chi connectivity index (χ2n) is 6.17. The van der Waals surface area contributed by atoms with Gasteiger partial charge in [0.05, 0.1) is 13.4 Å². The molecular formula is C17H28N2O4S. The van der Waals surface area contributed by atoms with E-state index in [0.29, 0.717) is 25.4 Å². The SMILES string of the molecule is COc1ccccc1CCN(CCC(=O)NCC(C)C)S(C)(=O)=O. The van der Waals surface area contributed by atoms with Crippen molar-refractivity contribution in [1.82, 2.24) is 9.62 Å². The first kappa shape index (κ1) is 20.4. The molecule has 0 heterocycles. The van der Waals surface area contributed by atoms with Gasteiger partial charge in [-0.2, -0.15) is 0 Å². The van der Waals surface area contributed by atoms with Gasteiger partial charge in [-0.15, -0.1) is 0 Å². The minimum Gasteiger partial charge on any atom is -0.496 e. The summed E-state index contributed by atoms with van der Waals surface area (Å²) in [5.74, 6) is 0.973. The molecule has 0 saturated heterocycles. The summed E-state index contributed by atoms with van der Waals surface area (Å²) in [7, 11) is -1.78. The van der Waals surface area contributed by atoms with Crippen molar-refractivity contribution in [3.05, 3.63) is 29.8 Å². The van der Waals surface area contributed by atoms with E-state index in [4.69, 9.17) is 4.74 Å². The summed E-state index contributed by atoms with van der Waals surface area (Å²) in [6, 6.07) is 7.52. The average molecular weight is 356 g/mol. The molecule has 24 heavy (non-hydrogen) atoms. The van der Waals surface area contributed by atoms with Crippen molar-refractivity contribution in [3.63, 3.8) is 0 Å². The Bertz CT molecular complexity index is 629. The highest BCUT2D eigenvalue weighted by atomic mass is 32.2. The number of nitrogens with zero attached hydrogens (tertiary/aromatic N) is 1. The molecule has 0 aliphatic heterocycles. The summed E-state index contributed by atoms with van der Waals surface area (Å²) in [5, 5.41) is 2.80. The quantitative estimate of drug-likeness (QED) is 0.692.